The molecule has 3 aromatic rings. The van der Waals surface area contributed by atoms with Gasteiger partial charge in [-0.25, -0.2) is 0 Å². The van der Waals surface area contributed by atoms with Crippen LogP contribution >= 0.6 is 11.3 Å². The quantitative estimate of drug-likeness (QED) is 0.725. The monoisotopic (exact) mass is 327 g/mol. The Balaban J connectivity index is 1.72. The van der Waals surface area contributed by atoms with Gasteiger partial charge >= 0.3 is 0 Å². The van der Waals surface area contributed by atoms with E-state index >= 15 is 0 Å². The van der Waals surface area contributed by atoms with Crippen molar-refractivity contribution in [2.75, 3.05) is 11.9 Å². The molecule has 1 aromatic carbocycles. The predicted octanol–water partition coefficient (Wildman–Crippen LogP) is 3.72. The lowest BCUT2D eigenvalue weighted by Gasteiger charge is -2.08. The van der Waals surface area contributed by atoms with Crippen LogP contribution in [0.4, 0.5) is 5.69 Å². The maximum Gasteiger partial charge on any atom is 0.262 e. The van der Waals surface area contributed by atoms with E-state index in [1.54, 1.807) is 11.3 Å². The first-order valence-corrected chi connectivity index (χ1v) is 8.29. The molecule has 23 heavy (non-hydrogen) atoms. The minimum Gasteiger partial charge on any atom is -0.484 e. The number of aromatic nitrogens is 2. The zero-order chi connectivity index (χ0) is 16.1. The van der Waals surface area contributed by atoms with Crippen LogP contribution in [-0.4, -0.2) is 22.7 Å². The minimum atomic E-state index is -0.207. The molecule has 3 rings (SSSR count). The second-order valence-corrected chi connectivity index (χ2v) is 5.72. The standard InChI is InChI=1S/C17H17N3O2S/c1-2-14-17(16(20-19-14)12-8-9-23-11-12)18-15(21)10-22-13-6-4-3-5-7-13/h3-9,11H,2,10H2,1H3,(H,18,21)(H,19,20). The van der Waals surface area contributed by atoms with Crippen LogP contribution in [-0.2, 0) is 11.2 Å². The molecule has 0 spiro atoms. The molecule has 0 atom stereocenters. The highest BCUT2D eigenvalue weighted by atomic mass is 32.1. The Morgan fingerprint density at radius 1 is 1.30 bits per heavy atom. The van der Waals surface area contributed by atoms with Crippen LogP contribution in [0.2, 0.25) is 0 Å². The van der Waals surface area contributed by atoms with E-state index in [0.29, 0.717) is 5.75 Å². The number of ether oxygens (including phenoxy) is 1. The van der Waals surface area contributed by atoms with Gasteiger partial charge in [-0.05, 0) is 30.0 Å². The van der Waals surface area contributed by atoms with Crippen LogP contribution in [0.25, 0.3) is 11.3 Å². The van der Waals surface area contributed by atoms with Gasteiger partial charge in [0.15, 0.2) is 6.61 Å². The molecule has 0 unspecified atom stereocenters. The van der Waals surface area contributed by atoms with Gasteiger partial charge in [0.25, 0.3) is 5.91 Å². The molecule has 0 radical (unpaired) electrons. The molecule has 0 aliphatic rings. The molecule has 0 aliphatic carbocycles. The number of para-hydroxylation sites is 1. The normalized spacial score (nSPS) is 10.5. The molecule has 1 amide bonds. The second-order valence-electron chi connectivity index (χ2n) is 4.94. The Kier molecular flexibility index (Phi) is 4.73. The van der Waals surface area contributed by atoms with E-state index in [1.165, 1.54) is 0 Å². The molecule has 0 saturated carbocycles. The number of benzene rings is 1. The number of aromatic amines is 1. The van der Waals surface area contributed by atoms with Crippen molar-refractivity contribution in [1.29, 1.82) is 0 Å². The summed E-state index contributed by atoms with van der Waals surface area (Å²) in [5, 5.41) is 14.2. The molecule has 0 bridgehead atoms. The number of nitrogens with zero attached hydrogens (tertiary/aromatic N) is 1. The van der Waals surface area contributed by atoms with Crippen molar-refractivity contribution in [3.63, 3.8) is 0 Å². The Morgan fingerprint density at radius 3 is 2.83 bits per heavy atom. The summed E-state index contributed by atoms with van der Waals surface area (Å²) >= 11 is 1.60. The Bertz CT molecular complexity index is 767. The average molecular weight is 327 g/mol. The third-order valence-electron chi connectivity index (χ3n) is 3.37. The Morgan fingerprint density at radius 2 is 2.13 bits per heavy atom. The number of hydrogen-bond acceptors (Lipinski definition) is 4. The summed E-state index contributed by atoms with van der Waals surface area (Å²) in [5.74, 6) is 0.463. The number of hydrogen-bond donors (Lipinski definition) is 2. The van der Waals surface area contributed by atoms with Gasteiger partial charge in [-0.1, -0.05) is 25.1 Å². The first-order chi connectivity index (χ1) is 11.3. The third-order valence-corrected chi connectivity index (χ3v) is 4.05. The van der Waals surface area contributed by atoms with Gasteiger partial charge in [0.05, 0.1) is 11.4 Å². The molecule has 6 heteroatoms. The molecular weight excluding hydrogens is 310 g/mol. The number of amides is 1. The van der Waals surface area contributed by atoms with Crippen LogP contribution in [0.3, 0.4) is 0 Å². The Labute approximate surface area is 138 Å². The lowest BCUT2D eigenvalue weighted by atomic mass is 10.1. The summed E-state index contributed by atoms with van der Waals surface area (Å²) in [6.45, 7) is 1.97. The van der Waals surface area contributed by atoms with Crippen molar-refractivity contribution in [3.8, 4) is 17.0 Å². The lowest BCUT2D eigenvalue weighted by Crippen LogP contribution is -2.20. The summed E-state index contributed by atoms with van der Waals surface area (Å²) in [6, 6.07) is 11.3. The van der Waals surface area contributed by atoms with Crippen molar-refractivity contribution in [1.82, 2.24) is 10.2 Å². The zero-order valence-electron chi connectivity index (χ0n) is 12.7. The lowest BCUT2D eigenvalue weighted by molar-refractivity contribution is -0.118. The summed E-state index contributed by atoms with van der Waals surface area (Å²) in [6.07, 6.45) is 0.756. The highest BCUT2D eigenvalue weighted by molar-refractivity contribution is 7.08. The van der Waals surface area contributed by atoms with E-state index in [9.17, 15) is 4.79 Å². The summed E-state index contributed by atoms with van der Waals surface area (Å²) < 4.78 is 5.48. The van der Waals surface area contributed by atoms with Crippen molar-refractivity contribution < 1.29 is 9.53 Å². The first-order valence-electron chi connectivity index (χ1n) is 7.35. The highest BCUT2D eigenvalue weighted by Gasteiger charge is 2.16. The number of rotatable bonds is 6. The van der Waals surface area contributed by atoms with Gasteiger partial charge in [0.2, 0.25) is 0 Å². The molecule has 118 valence electrons. The number of H-pyrrole nitrogens is 1. The number of carbonyl (C=O) groups is 1. The van der Waals surface area contributed by atoms with Gasteiger partial charge in [0.1, 0.15) is 11.4 Å². The third kappa shape index (κ3) is 3.60. The smallest absolute Gasteiger partial charge is 0.262 e. The number of anilines is 1. The van der Waals surface area contributed by atoms with E-state index in [4.69, 9.17) is 4.74 Å². The fourth-order valence-electron chi connectivity index (χ4n) is 2.22. The minimum absolute atomic E-state index is 0.0403. The van der Waals surface area contributed by atoms with Gasteiger partial charge in [0, 0.05) is 10.9 Å². The fourth-order valence-corrected chi connectivity index (χ4v) is 2.86. The molecule has 5 nitrogen and oxygen atoms in total. The van der Waals surface area contributed by atoms with Crippen LogP contribution in [0.5, 0.6) is 5.75 Å². The van der Waals surface area contributed by atoms with Gasteiger partial charge in [-0.3, -0.25) is 9.89 Å². The molecule has 0 saturated heterocycles. The molecule has 2 heterocycles. The van der Waals surface area contributed by atoms with Crippen molar-refractivity contribution in [3.05, 3.63) is 52.9 Å². The summed E-state index contributed by atoms with van der Waals surface area (Å²) in [7, 11) is 0. The van der Waals surface area contributed by atoms with E-state index in [0.717, 1.165) is 29.1 Å². The van der Waals surface area contributed by atoms with E-state index < -0.39 is 0 Å². The number of thiophene rings is 1. The van der Waals surface area contributed by atoms with E-state index in [-0.39, 0.29) is 12.5 Å². The molecular formula is C17H17N3O2S. The second kappa shape index (κ2) is 7.11. The topological polar surface area (TPSA) is 67.0 Å². The molecule has 0 fully saturated rings. The largest absolute Gasteiger partial charge is 0.484 e. The summed E-state index contributed by atoms with van der Waals surface area (Å²) in [5.41, 5.74) is 3.38. The van der Waals surface area contributed by atoms with Crippen LogP contribution in [0, 0.1) is 0 Å². The van der Waals surface area contributed by atoms with Crippen molar-refractivity contribution in [2.24, 2.45) is 0 Å². The van der Waals surface area contributed by atoms with Gasteiger partial charge in [-0.15, -0.1) is 0 Å². The first kappa shape index (κ1) is 15.3. The van der Waals surface area contributed by atoms with Crippen molar-refractivity contribution in [2.45, 2.75) is 13.3 Å². The van der Waals surface area contributed by atoms with E-state index in [2.05, 4.69) is 15.5 Å². The van der Waals surface area contributed by atoms with Crippen LogP contribution in [0.1, 0.15) is 12.6 Å². The maximum absolute atomic E-state index is 12.2. The Hall–Kier alpha value is -2.60. The summed E-state index contributed by atoms with van der Waals surface area (Å²) in [4.78, 5) is 12.2. The fraction of sp³-hybridized carbons (Fsp3) is 0.176. The van der Waals surface area contributed by atoms with Gasteiger partial charge in [-0.2, -0.15) is 16.4 Å². The highest BCUT2D eigenvalue weighted by Crippen LogP contribution is 2.30. The molecule has 2 N–H and O–H groups in total. The van der Waals surface area contributed by atoms with E-state index in [1.807, 2.05) is 54.1 Å². The molecule has 0 aliphatic heterocycles. The number of nitrogens with one attached hydrogen (secondary N) is 2. The maximum atomic E-state index is 12.2. The number of aryl methyl sites for hydroxylation is 1. The van der Waals surface area contributed by atoms with Gasteiger partial charge < -0.3 is 10.1 Å². The van der Waals surface area contributed by atoms with Crippen LogP contribution in [0.15, 0.2) is 47.2 Å². The number of carbonyl (C=O) groups excluding carboxylic acids is 1. The predicted molar refractivity (Wildman–Crippen MR) is 91.8 cm³/mol. The van der Waals surface area contributed by atoms with Crippen LogP contribution < -0.4 is 10.1 Å². The SMILES string of the molecule is CCc1[nH]nc(-c2ccsc2)c1NC(=O)COc1ccccc1. The molecule has 2 aromatic heterocycles. The van der Waals surface area contributed by atoms with Crippen molar-refractivity contribution >= 4 is 22.9 Å². The average Bonchev–Trinajstić information content (AvgIpc) is 3.23. The zero-order valence-corrected chi connectivity index (χ0v) is 13.5.